The van der Waals surface area contributed by atoms with Crippen LogP contribution in [0, 0.1) is 17.0 Å². The lowest BCUT2D eigenvalue weighted by Crippen LogP contribution is -2.34. The molecule has 0 saturated heterocycles. The maximum atomic E-state index is 11.5. The fourth-order valence-corrected chi connectivity index (χ4v) is 2.22. The number of hydrogen-bond donors (Lipinski definition) is 1. The minimum Gasteiger partial charge on any atom is -0.465 e. The number of benzene rings is 1. The minimum atomic E-state index is -0.785. The van der Waals surface area contributed by atoms with Gasteiger partial charge >= 0.3 is 5.97 Å². The van der Waals surface area contributed by atoms with E-state index >= 15 is 0 Å². The largest absolute Gasteiger partial charge is 0.465 e. The normalized spacial score (nSPS) is 12.0. The molecule has 1 heterocycles. The Balaban J connectivity index is 2.16. The molecule has 0 spiro atoms. The molecule has 1 atom stereocenters. The molecule has 2 N–H and O–H groups in total. The van der Waals surface area contributed by atoms with Gasteiger partial charge in [-0.25, -0.2) is 0 Å². The molecular weight excluding hydrogens is 300 g/mol. The van der Waals surface area contributed by atoms with Crippen molar-refractivity contribution in [1.29, 1.82) is 0 Å². The summed E-state index contributed by atoms with van der Waals surface area (Å²) in [6.07, 6.45) is 0.227. The molecule has 7 nitrogen and oxygen atoms in total. The van der Waals surface area contributed by atoms with Crippen molar-refractivity contribution in [1.82, 2.24) is 0 Å². The molecular formula is C16H18N2O5. The zero-order valence-electron chi connectivity index (χ0n) is 12.9. The van der Waals surface area contributed by atoms with Crippen LogP contribution in [0.15, 0.2) is 34.7 Å². The number of rotatable bonds is 6. The molecule has 7 heteroatoms. The highest BCUT2D eigenvalue weighted by Crippen LogP contribution is 2.28. The standard InChI is InChI=1S/C16H18N2O5/c1-3-22-16(19)14(17)9-12-5-7-15(23-12)13-6-4-11(18(20)21)8-10(13)2/h4-8,14H,3,9,17H2,1-2H3. The van der Waals surface area contributed by atoms with E-state index in [2.05, 4.69) is 0 Å². The number of nitro benzene ring substituents is 1. The number of hydrogen-bond acceptors (Lipinski definition) is 6. The average Bonchev–Trinajstić information content (AvgIpc) is 2.95. The number of furan rings is 1. The highest BCUT2D eigenvalue weighted by atomic mass is 16.6. The summed E-state index contributed by atoms with van der Waals surface area (Å²) < 4.78 is 10.5. The number of nitro groups is 1. The third-order valence-corrected chi connectivity index (χ3v) is 3.36. The van der Waals surface area contributed by atoms with Crippen LogP contribution in [0.4, 0.5) is 5.69 Å². The Labute approximate surface area is 133 Å². The van der Waals surface area contributed by atoms with Gasteiger partial charge in [0.05, 0.1) is 11.5 Å². The summed E-state index contributed by atoms with van der Waals surface area (Å²) in [7, 11) is 0. The lowest BCUT2D eigenvalue weighted by molar-refractivity contribution is -0.384. The van der Waals surface area contributed by atoms with Crippen LogP contribution >= 0.6 is 0 Å². The lowest BCUT2D eigenvalue weighted by Gasteiger charge is -2.08. The number of carbonyl (C=O) groups is 1. The van der Waals surface area contributed by atoms with Crippen LogP contribution in [-0.4, -0.2) is 23.5 Å². The second-order valence-corrected chi connectivity index (χ2v) is 5.08. The fraction of sp³-hybridized carbons (Fsp3) is 0.312. The van der Waals surface area contributed by atoms with Crippen LogP contribution in [0.3, 0.4) is 0 Å². The van der Waals surface area contributed by atoms with Crippen molar-refractivity contribution >= 4 is 11.7 Å². The molecule has 122 valence electrons. The highest BCUT2D eigenvalue weighted by Gasteiger charge is 2.18. The molecule has 1 aromatic carbocycles. The molecule has 0 saturated carbocycles. The molecule has 0 amide bonds. The van der Waals surface area contributed by atoms with Gasteiger partial charge in [-0.1, -0.05) is 0 Å². The summed E-state index contributed by atoms with van der Waals surface area (Å²) >= 11 is 0. The maximum absolute atomic E-state index is 11.5. The van der Waals surface area contributed by atoms with E-state index in [4.69, 9.17) is 14.9 Å². The monoisotopic (exact) mass is 318 g/mol. The number of esters is 1. The van der Waals surface area contributed by atoms with Crippen LogP contribution in [0.2, 0.25) is 0 Å². The van der Waals surface area contributed by atoms with Crippen molar-refractivity contribution in [2.75, 3.05) is 6.61 Å². The van der Waals surface area contributed by atoms with Crippen LogP contribution in [0.25, 0.3) is 11.3 Å². The highest BCUT2D eigenvalue weighted by molar-refractivity contribution is 5.75. The lowest BCUT2D eigenvalue weighted by atomic mass is 10.1. The van der Waals surface area contributed by atoms with Gasteiger partial charge in [0.2, 0.25) is 0 Å². The average molecular weight is 318 g/mol. The van der Waals surface area contributed by atoms with Gasteiger partial charge in [-0.2, -0.15) is 0 Å². The maximum Gasteiger partial charge on any atom is 0.323 e. The van der Waals surface area contributed by atoms with Crippen LogP contribution in [0.1, 0.15) is 18.2 Å². The first kappa shape index (κ1) is 16.7. The molecule has 0 aliphatic rings. The second-order valence-electron chi connectivity index (χ2n) is 5.08. The third kappa shape index (κ3) is 3.95. The van der Waals surface area contributed by atoms with E-state index in [1.165, 1.54) is 12.1 Å². The Morgan fingerprint density at radius 3 is 2.74 bits per heavy atom. The predicted molar refractivity (Wildman–Crippen MR) is 83.8 cm³/mol. The number of aryl methyl sites for hydroxylation is 1. The van der Waals surface area contributed by atoms with E-state index in [9.17, 15) is 14.9 Å². The molecule has 0 bridgehead atoms. The number of carbonyl (C=O) groups excluding carboxylic acids is 1. The SMILES string of the molecule is CCOC(=O)C(N)Cc1ccc(-c2ccc([N+](=O)[O-])cc2C)o1. The molecule has 2 aromatic rings. The summed E-state index contributed by atoms with van der Waals surface area (Å²) in [6, 6.07) is 7.25. The predicted octanol–water partition coefficient (Wildman–Crippen LogP) is 2.60. The van der Waals surface area contributed by atoms with E-state index < -0.39 is 16.9 Å². The van der Waals surface area contributed by atoms with Gasteiger partial charge in [-0.15, -0.1) is 0 Å². The topological polar surface area (TPSA) is 109 Å². The number of non-ortho nitro benzene ring substituents is 1. The van der Waals surface area contributed by atoms with Crippen molar-refractivity contribution in [3.63, 3.8) is 0 Å². The summed E-state index contributed by atoms with van der Waals surface area (Å²) in [5.41, 5.74) is 7.27. The van der Waals surface area contributed by atoms with Crippen LogP contribution in [-0.2, 0) is 16.0 Å². The first-order valence-corrected chi connectivity index (χ1v) is 7.18. The number of nitrogens with two attached hydrogens (primary N) is 1. The Morgan fingerprint density at radius 2 is 2.13 bits per heavy atom. The van der Waals surface area contributed by atoms with E-state index in [1.807, 2.05) is 0 Å². The van der Waals surface area contributed by atoms with Crippen molar-refractivity contribution in [2.45, 2.75) is 26.3 Å². The zero-order valence-corrected chi connectivity index (χ0v) is 12.9. The zero-order chi connectivity index (χ0) is 17.0. The van der Waals surface area contributed by atoms with E-state index in [1.54, 1.807) is 32.0 Å². The summed E-state index contributed by atoms with van der Waals surface area (Å²) in [5.74, 6) is 0.652. The van der Waals surface area contributed by atoms with Crippen molar-refractivity contribution < 1.29 is 18.9 Å². The van der Waals surface area contributed by atoms with Gasteiger partial charge in [0.15, 0.2) is 0 Å². The summed E-state index contributed by atoms with van der Waals surface area (Å²) in [5, 5.41) is 10.8. The van der Waals surface area contributed by atoms with Crippen LogP contribution in [0.5, 0.6) is 0 Å². The van der Waals surface area contributed by atoms with Gasteiger partial charge in [-0.05, 0) is 37.6 Å². The van der Waals surface area contributed by atoms with Crippen molar-refractivity contribution in [3.05, 3.63) is 51.8 Å². The molecule has 0 fully saturated rings. The van der Waals surface area contributed by atoms with Gasteiger partial charge in [0.25, 0.3) is 5.69 Å². The second kappa shape index (κ2) is 7.06. The molecule has 0 aliphatic heterocycles. The van der Waals surface area contributed by atoms with Gasteiger partial charge in [-0.3, -0.25) is 14.9 Å². The van der Waals surface area contributed by atoms with E-state index in [0.717, 1.165) is 11.1 Å². The Kier molecular flexibility index (Phi) is 5.13. The molecule has 0 radical (unpaired) electrons. The molecule has 0 aliphatic carbocycles. The number of ether oxygens (including phenoxy) is 1. The van der Waals surface area contributed by atoms with Crippen LogP contribution < -0.4 is 5.73 Å². The summed E-state index contributed by atoms with van der Waals surface area (Å²) in [4.78, 5) is 21.9. The van der Waals surface area contributed by atoms with Gasteiger partial charge in [0, 0.05) is 24.1 Å². The smallest absolute Gasteiger partial charge is 0.323 e. The molecule has 23 heavy (non-hydrogen) atoms. The van der Waals surface area contributed by atoms with E-state index in [0.29, 0.717) is 11.5 Å². The molecule has 2 rings (SSSR count). The van der Waals surface area contributed by atoms with Crippen molar-refractivity contribution in [2.24, 2.45) is 5.73 Å². The van der Waals surface area contributed by atoms with Gasteiger partial charge in [0.1, 0.15) is 17.6 Å². The summed E-state index contributed by atoms with van der Waals surface area (Å²) in [6.45, 7) is 3.76. The quantitative estimate of drug-likeness (QED) is 0.498. The minimum absolute atomic E-state index is 0.0300. The van der Waals surface area contributed by atoms with Gasteiger partial charge < -0.3 is 14.9 Å². The van der Waals surface area contributed by atoms with Crippen molar-refractivity contribution in [3.8, 4) is 11.3 Å². The van der Waals surface area contributed by atoms with E-state index in [-0.39, 0.29) is 18.7 Å². The number of nitrogens with zero attached hydrogens (tertiary/aromatic N) is 1. The first-order valence-electron chi connectivity index (χ1n) is 7.18. The molecule has 1 unspecified atom stereocenters. The Morgan fingerprint density at radius 1 is 1.39 bits per heavy atom. The third-order valence-electron chi connectivity index (χ3n) is 3.36. The fourth-order valence-electron chi connectivity index (χ4n) is 2.22. The Hall–Kier alpha value is -2.67. The first-order chi connectivity index (χ1) is 10.9. The molecule has 1 aromatic heterocycles. The Bertz CT molecular complexity index is 723.